The second-order valence-electron chi connectivity index (χ2n) is 9.19. The van der Waals surface area contributed by atoms with E-state index in [1.807, 2.05) is 65.7 Å². The van der Waals surface area contributed by atoms with Gasteiger partial charge in [-0.3, -0.25) is 4.79 Å². The zero-order chi connectivity index (χ0) is 24.5. The molecule has 2 fully saturated rings. The Morgan fingerprint density at radius 1 is 0.917 bits per heavy atom. The van der Waals surface area contributed by atoms with E-state index in [-0.39, 0.29) is 11.9 Å². The molecule has 1 amide bonds. The molecule has 0 spiro atoms. The van der Waals surface area contributed by atoms with Gasteiger partial charge in [-0.2, -0.15) is 5.10 Å². The highest BCUT2D eigenvalue weighted by molar-refractivity contribution is 9.10. The number of ether oxygens (including phenoxy) is 1. The van der Waals surface area contributed by atoms with Crippen molar-refractivity contribution in [3.05, 3.63) is 70.8 Å². The Balaban J connectivity index is 1.30. The Hall–Kier alpha value is -3.30. The first-order valence-corrected chi connectivity index (χ1v) is 13.1. The van der Waals surface area contributed by atoms with Crippen LogP contribution in [0.15, 0.2) is 65.3 Å². The number of carbonyl (C=O) groups is 1. The maximum atomic E-state index is 13.0. The number of piperidine rings is 1. The molecule has 6 rings (SSSR count). The number of carbonyl (C=O) groups excluding carboxylic acids is 1. The molecule has 9 heteroatoms. The molecule has 36 heavy (non-hydrogen) atoms. The summed E-state index contributed by atoms with van der Waals surface area (Å²) in [6, 6.07) is 17.8. The smallest absolute Gasteiger partial charge is 0.253 e. The summed E-state index contributed by atoms with van der Waals surface area (Å²) in [4.78, 5) is 27.2. The summed E-state index contributed by atoms with van der Waals surface area (Å²) in [7, 11) is 0. The van der Waals surface area contributed by atoms with E-state index < -0.39 is 0 Å². The Kier molecular flexibility index (Phi) is 6.41. The standard InChI is InChI=1S/C27H27BrN6O2/c28-21-8-6-20(7-9-21)27(35)33-12-10-22(11-13-33)34-26-23(18-29-34)25(32-14-16-36-17-15-32)30-24(31-26)19-4-2-1-3-5-19/h1-9,18,22H,10-17H2. The van der Waals surface area contributed by atoms with E-state index in [0.717, 1.165) is 58.4 Å². The number of fused-ring (bicyclic) bond motifs is 1. The lowest BCUT2D eigenvalue weighted by molar-refractivity contribution is 0.0691. The average molecular weight is 547 g/mol. The van der Waals surface area contributed by atoms with Crippen molar-refractivity contribution < 1.29 is 9.53 Å². The highest BCUT2D eigenvalue weighted by atomic mass is 79.9. The molecule has 0 saturated carbocycles. The second kappa shape index (κ2) is 9.99. The van der Waals surface area contributed by atoms with Crippen molar-refractivity contribution in [1.29, 1.82) is 0 Å². The predicted octanol–water partition coefficient (Wildman–Crippen LogP) is 4.57. The largest absolute Gasteiger partial charge is 0.378 e. The van der Waals surface area contributed by atoms with Gasteiger partial charge in [-0.25, -0.2) is 14.6 Å². The van der Waals surface area contributed by atoms with Crippen LogP contribution in [0.25, 0.3) is 22.4 Å². The van der Waals surface area contributed by atoms with Gasteiger partial charge in [0.05, 0.1) is 30.8 Å². The highest BCUT2D eigenvalue weighted by Gasteiger charge is 2.28. The van der Waals surface area contributed by atoms with Crippen molar-refractivity contribution in [2.75, 3.05) is 44.3 Å². The minimum atomic E-state index is 0.0783. The van der Waals surface area contributed by atoms with Gasteiger partial charge < -0.3 is 14.5 Å². The molecule has 2 aromatic heterocycles. The third-order valence-electron chi connectivity index (χ3n) is 6.97. The third-order valence-corrected chi connectivity index (χ3v) is 7.49. The number of aromatic nitrogens is 4. The van der Waals surface area contributed by atoms with Crippen molar-refractivity contribution in [3.63, 3.8) is 0 Å². The van der Waals surface area contributed by atoms with E-state index in [4.69, 9.17) is 19.8 Å². The Bertz CT molecular complexity index is 1360. The SMILES string of the molecule is O=C(c1ccc(Br)cc1)N1CCC(n2ncc3c(N4CCOCC4)nc(-c4ccccc4)nc32)CC1. The first-order valence-electron chi connectivity index (χ1n) is 12.4. The van der Waals surface area contributed by atoms with E-state index >= 15 is 0 Å². The minimum Gasteiger partial charge on any atom is -0.378 e. The van der Waals surface area contributed by atoms with Gasteiger partial charge in [-0.15, -0.1) is 0 Å². The summed E-state index contributed by atoms with van der Waals surface area (Å²) >= 11 is 3.44. The zero-order valence-electron chi connectivity index (χ0n) is 19.9. The van der Waals surface area contributed by atoms with Crippen LogP contribution >= 0.6 is 15.9 Å². The fourth-order valence-corrected chi connectivity index (χ4v) is 5.26. The third kappa shape index (κ3) is 4.49. The van der Waals surface area contributed by atoms with Crippen LogP contribution in [0.5, 0.6) is 0 Å². The normalized spacial score (nSPS) is 17.0. The lowest BCUT2D eigenvalue weighted by atomic mass is 10.0. The molecule has 2 aliphatic heterocycles. The van der Waals surface area contributed by atoms with E-state index in [1.165, 1.54) is 0 Å². The van der Waals surface area contributed by atoms with Crippen molar-refractivity contribution in [3.8, 4) is 11.4 Å². The monoisotopic (exact) mass is 546 g/mol. The molecule has 2 saturated heterocycles. The molecule has 2 aliphatic rings. The number of benzene rings is 2. The molecular weight excluding hydrogens is 520 g/mol. The van der Waals surface area contributed by atoms with E-state index in [9.17, 15) is 4.79 Å². The molecule has 184 valence electrons. The van der Waals surface area contributed by atoms with Gasteiger partial charge >= 0.3 is 0 Å². The number of nitrogens with zero attached hydrogens (tertiary/aromatic N) is 6. The lowest BCUT2D eigenvalue weighted by Gasteiger charge is -2.32. The number of anilines is 1. The Morgan fingerprint density at radius 2 is 1.64 bits per heavy atom. The van der Waals surface area contributed by atoms with Gasteiger partial charge in [-0.1, -0.05) is 46.3 Å². The van der Waals surface area contributed by atoms with Gasteiger partial charge in [-0.05, 0) is 37.1 Å². The number of amides is 1. The quantitative estimate of drug-likeness (QED) is 0.373. The van der Waals surface area contributed by atoms with Crippen molar-refractivity contribution in [2.24, 2.45) is 0 Å². The molecule has 0 unspecified atom stereocenters. The van der Waals surface area contributed by atoms with E-state index in [0.29, 0.717) is 32.1 Å². The number of hydrogen-bond donors (Lipinski definition) is 0. The number of rotatable bonds is 4. The predicted molar refractivity (Wildman–Crippen MR) is 142 cm³/mol. The molecule has 0 N–H and O–H groups in total. The van der Waals surface area contributed by atoms with Crippen LogP contribution in [-0.2, 0) is 4.74 Å². The molecule has 0 bridgehead atoms. The summed E-state index contributed by atoms with van der Waals surface area (Å²) in [6.45, 7) is 4.34. The van der Waals surface area contributed by atoms with Gasteiger partial charge in [0, 0.05) is 41.8 Å². The van der Waals surface area contributed by atoms with Crippen LogP contribution in [0.2, 0.25) is 0 Å². The highest BCUT2D eigenvalue weighted by Crippen LogP contribution is 2.32. The Labute approximate surface area is 218 Å². The molecule has 0 atom stereocenters. The van der Waals surface area contributed by atoms with Crippen molar-refractivity contribution >= 4 is 38.7 Å². The van der Waals surface area contributed by atoms with Crippen molar-refractivity contribution in [1.82, 2.24) is 24.6 Å². The molecule has 2 aromatic carbocycles. The number of hydrogen-bond acceptors (Lipinski definition) is 6. The van der Waals surface area contributed by atoms with Gasteiger partial charge in [0.15, 0.2) is 11.5 Å². The number of halogens is 1. The fraction of sp³-hybridized carbons (Fsp3) is 0.333. The molecule has 0 radical (unpaired) electrons. The molecule has 4 heterocycles. The van der Waals surface area contributed by atoms with Gasteiger partial charge in [0.2, 0.25) is 0 Å². The molecule has 8 nitrogen and oxygen atoms in total. The maximum Gasteiger partial charge on any atom is 0.253 e. The van der Waals surface area contributed by atoms with Crippen molar-refractivity contribution in [2.45, 2.75) is 18.9 Å². The van der Waals surface area contributed by atoms with Gasteiger partial charge in [0.25, 0.3) is 5.91 Å². The maximum absolute atomic E-state index is 13.0. The fourth-order valence-electron chi connectivity index (χ4n) is 5.00. The van der Waals surface area contributed by atoms with Crippen LogP contribution in [0, 0.1) is 0 Å². The van der Waals surface area contributed by atoms with Crippen LogP contribution in [0.4, 0.5) is 5.82 Å². The first kappa shape index (κ1) is 23.1. The zero-order valence-corrected chi connectivity index (χ0v) is 21.5. The second-order valence-corrected chi connectivity index (χ2v) is 10.1. The first-order chi connectivity index (χ1) is 17.7. The van der Waals surface area contributed by atoms with Crippen LogP contribution in [0.3, 0.4) is 0 Å². The molecule has 0 aliphatic carbocycles. The van der Waals surface area contributed by atoms with E-state index in [2.05, 4.69) is 25.5 Å². The molecule has 4 aromatic rings. The van der Waals surface area contributed by atoms with Crippen LogP contribution in [0.1, 0.15) is 29.2 Å². The number of morpholine rings is 1. The van der Waals surface area contributed by atoms with Gasteiger partial charge in [0.1, 0.15) is 5.82 Å². The topological polar surface area (TPSA) is 76.4 Å². The minimum absolute atomic E-state index is 0.0783. The summed E-state index contributed by atoms with van der Waals surface area (Å²) in [5.74, 6) is 1.69. The van der Waals surface area contributed by atoms with Crippen LogP contribution < -0.4 is 4.90 Å². The summed E-state index contributed by atoms with van der Waals surface area (Å²) in [5, 5.41) is 5.76. The van der Waals surface area contributed by atoms with Crippen LogP contribution in [-0.4, -0.2) is 69.9 Å². The summed E-state index contributed by atoms with van der Waals surface area (Å²) in [6.07, 6.45) is 3.56. The Morgan fingerprint density at radius 3 is 2.36 bits per heavy atom. The summed E-state index contributed by atoms with van der Waals surface area (Å²) < 4.78 is 8.59. The summed E-state index contributed by atoms with van der Waals surface area (Å²) in [5.41, 5.74) is 2.55. The molecular formula is C27H27BrN6O2. The average Bonchev–Trinajstić information content (AvgIpc) is 3.38. The van der Waals surface area contributed by atoms with E-state index in [1.54, 1.807) is 0 Å². The lowest BCUT2D eigenvalue weighted by Crippen LogP contribution is -2.39. The number of likely N-dealkylation sites (tertiary alicyclic amines) is 1.